The van der Waals surface area contributed by atoms with E-state index in [9.17, 15) is 5.26 Å². The third-order valence-electron chi connectivity index (χ3n) is 3.45. The summed E-state index contributed by atoms with van der Waals surface area (Å²) < 4.78 is 0. The summed E-state index contributed by atoms with van der Waals surface area (Å²) in [4.78, 5) is 2.31. The predicted molar refractivity (Wildman–Crippen MR) is 79.5 cm³/mol. The van der Waals surface area contributed by atoms with Crippen molar-refractivity contribution < 1.29 is 0 Å². The Morgan fingerprint density at radius 2 is 2.22 bits per heavy atom. The third kappa shape index (κ3) is 2.93. The van der Waals surface area contributed by atoms with Gasteiger partial charge in [0, 0.05) is 18.3 Å². The average Bonchev–Trinajstić information content (AvgIpc) is 2.63. The minimum atomic E-state index is 0.556. The highest BCUT2D eigenvalue weighted by Crippen LogP contribution is 2.30. The maximum Gasteiger partial charge on any atom is 0.103 e. The Balaban J connectivity index is 2.22. The van der Waals surface area contributed by atoms with Gasteiger partial charge >= 0.3 is 0 Å². The molecular formula is C14H17ClN2S. The van der Waals surface area contributed by atoms with Gasteiger partial charge in [0.05, 0.1) is 16.3 Å². The minimum Gasteiger partial charge on any atom is -0.370 e. The Morgan fingerprint density at radius 3 is 2.94 bits per heavy atom. The van der Waals surface area contributed by atoms with Crippen LogP contribution in [0.5, 0.6) is 0 Å². The highest BCUT2D eigenvalue weighted by atomic mass is 35.5. The smallest absolute Gasteiger partial charge is 0.103 e. The van der Waals surface area contributed by atoms with E-state index < -0.39 is 0 Å². The van der Waals surface area contributed by atoms with Gasteiger partial charge in [-0.3, -0.25) is 0 Å². The number of benzene rings is 1. The third-order valence-corrected chi connectivity index (χ3v) is 4.91. The van der Waals surface area contributed by atoms with Gasteiger partial charge in [0.1, 0.15) is 6.07 Å². The number of halogens is 1. The van der Waals surface area contributed by atoms with Crippen LogP contribution in [0.2, 0.25) is 5.02 Å². The first kappa shape index (κ1) is 13.6. The van der Waals surface area contributed by atoms with E-state index in [-0.39, 0.29) is 0 Å². The van der Waals surface area contributed by atoms with Crippen molar-refractivity contribution in [1.29, 1.82) is 5.26 Å². The summed E-state index contributed by atoms with van der Waals surface area (Å²) in [5, 5.41) is 10.5. The molecule has 0 aliphatic carbocycles. The van der Waals surface area contributed by atoms with Crippen LogP contribution in [0.15, 0.2) is 18.2 Å². The molecule has 1 fully saturated rings. The fourth-order valence-corrected chi connectivity index (χ4v) is 3.38. The number of nitrogens with zero attached hydrogens (tertiary/aromatic N) is 2. The summed E-state index contributed by atoms with van der Waals surface area (Å²) in [7, 11) is 0. The summed E-state index contributed by atoms with van der Waals surface area (Å²) in [6.45, 7) is 2.03. The van der Waals surface area contributed by atoms with Gasteiger partial charge in [0.2, 0.25) is 0 Å². The van der Waals surface area contributed by atoms with Crippen molar-refractivity contribution in [1.82, 2.24) is 0 Å². The summed E-state index contributed by atoms with van der Waals surface area (Å²) in [6.07, 6.45) is 5.81. The second-order valence-electron chi connectivity index (χ2n) is 4.52. The van der Waals surface area contributed by atoms with E-state index >= 15 is 0 Å². The molecule has 1 aliphatic heterocycles. The number of nitriles is 1. The van der Waals surface area contributed by atoms with Crippen molar-refractivity contribution in [3.63, 3.8) is 0 Å². The molecule has 1 aromatic rings. The van der Waals surface area contributed by atoms with Crippen LogP contribution in [0.4, 0.5) is 5.69 Å². The van der Waals surface area contributed by atoms with E-state index in [0.29, 0.717) is 10.6 Å². The number of thioether (sulfide) groups is 1. The Labute approximate surface area is 118 Å². The molecule has 0 aromatic heterocycles. The summed E-state index contributed by atoms with van der Waals surface area (Å²) in [5.41, 5.74) is 1.61. The Kier molecular flexibility index (Phi) is 4.79. The molecule has 1 aliphatic rings. The lowest BCUT2D eigenvalue weighted by Gasteiger charge is -2.24. The van der Waals surface area contributed by atoms with Gasteiger partial charge in [0.15, 0.2) is 0 Å². The molecule has 1 unspecified atom stereocenters. The van der Waals surface area contributed by atoms with Crippen LogP contribution in [0.25, 0.3) is 0 Å². The fourth-order valence-electron chi connectivity index (χ4n) is 2.43. The van der Waals surface area contributed by atoms with E-state index in [2.05, 4.69) is 17.2 Å². The van der Waals surface area contributed by atoms with Crippen LogP contribution in [0, 0.1) is 11.3 Å². The second kappa shape index (κ2) is 6.36. The highest BCUT2D eigenvalue weighted by Gasteiger charge is 2.19. The van der Waals surface area contributed by atoms with Gasteiger partial charge in [0.25, 0.3) is 0 Å². The summed E-state index contributed by atoms with van der Waals surface area (Å²) in [5.74, 6) is 0. The van der Waals surface area contributed by atoms with Crippen LogP contribution in [0.1, 0.15) is 24.8 Å². The Hall–Kier alpha value is -0.850. The normalized spacial score (nSPS) is 20.3. The van der Waals surface area contributed by atoms with Crippen molar-refractivity contribution in [3.05, 3.63) is 28.8 Å². The van der Waals surface area contributed by atoms with E-state index in [4.69, 9.17) is 11.6 Å². The first-order valence-electron chi connectivity index (χ1n) is 6.22. The zero-order chi connectivity index (χ0) is 13.0. The van der Waals surface area contributed by atoms with E-state index in [1.165, 1.54) is 19.3 Å². The standard InChI is InChI=1S/C14H17ClN2S/c1-18-11-4-3-8-17(9-7-11)14-6-2-5-13(15)12(14)10-16/h2,5-6,11H,3-4,7-9H2,1H3. The van der Waals surface area contributed by atoms with Gasteiger partial charge < -0.3 is 4.90 Å². The molecule has 4 heteroatoms. The summed E-state index contributed by atoms with van der Waals surface area (Å²) >= 11 is 8.04. The number of rotatable bonds is 2. The molecule has 1 heterocycles. The monoisotopic (exact) mass is 280 g/mol. The lowest BCUT2D eigenvalue weighted by molar-refractivity contribution is 0.745. The average molecular weight is 281 g/mol. The molecule has 0 spiro atoms. The minimum absolute atomic E-state index is 0.556. The van der Waals surface area contributed by atoms with E-state index in [0.717, 1.165) is 24.0 Å². The van der Waals surface area contributed by atoms with Gasteiger partial charge in [-0.25, -0.2) is 0 Å². The van der Waals surface area contributed by atoms with Crippen molar-refractivity contribution >= 4 is 29.1 Å². The van der Waals surface area contributed by atoms with Crippen molar-refractivity contribution in [3.8, 4) is 6.07 Å². The van der Waals surface area contributed by atoms with Gasteiger partial charge in [-0.1, -0.05) is 17.7 Å². The second-order valence-corrected chi connectivity index (χ2v) is 6.07. The van der Waals surface area contributed by atoms with Crippen LogP contribution in [-0.2, 0) is 0 Å². The Bertz CT molecular complexity index is 456. The molecule has 96 valence electrons. The molecule has 0 bridgehead atoms. The molecule has 1 atom stereocenters. The van der Waals surface area contributed by atoms with Gasteiger partial charge in [-0.05, 0) is 37.7 Å². The van der Waals surface area contributed by atoms with Crippen LogP contribution in [-0.4, -0.2) is 24.6 Å². The van der Waals surface area contributed by atoms with Gasteiger partial charge in [-0.2, -0.15) is 17.0 Å². The predicted octanol–water partition coefficient (Wildman–Crippen LogP) is 3.93. The largest absolute Gasteiger partial charge is 0.370 e. The first-order chi connectivity index (χ1) is 8.76. The van der Waals surface area contributed by atoms with Crippen molar-refractivity contribution in [2.24, 2.45) is 0 Å². The van der Waals surface area contributed by atoms with Gasteiger partial charge in [-0.15, -0.1) is 0 Å². The first-order valence-corrected chi connectivity index (χ1v) is 7.89. The lowest BCUT2D eigenvalue weighted by atomic mass is 10.1. The van der Waals surface area contributed by atoms with Crippen LogP contribution >= 0.6 is 23.4 Å². The molecule has 18 heavy (non-hydrogen) atoms. The molecule has 1 aromatic carbocycles. The quantitative estimate of drug-likeness (QED) is 0.821. The van der Waals surface area contributed by atoms with Crippen LogP contribution in [0.3, 0.4) is 0 Å². The van der Waals surface area contributed by atoms with Crippen molar-refractivity contribution in [2.75, 3.05) is 24.2 Å². The topological polar surface area (TPSA) is 27.0 Å². The molecule has 0 amide bonds. The number of hydrogen-bond acceptors (Lipinski definition) is 3. The molecule has 1 saturated heterocycles. The molecule has 0 N–H and O–H groups in total. The molecular weight excluding hydrogens is 264 g/mol. The molecule has 0 radical (unpaired) electrons. The SMILES string of the molecule is CSC1CCCN(c2cccc(Cl)c2C#N)CC1. The maximum absolute atomic E-state index is 9.23. The zero-order valence-electron chi connectivity index (χ0n) is 10.5. The van der Waals surface area contributed by atoms with E-state index in [1.54, 1.807) is 6.07 Å². The lowest BCUT2D eigenvalue weighted by Crippen LogP contribution is -2.25. The molecule has 2 nitrogen and oxygen atoms in total. The van der Waals surface area contributed by atoms with Crippen molar-refractivity contribution in [2.45, 2.75) is 24.5 Å². The fraction of sp³-hybridized carbons (Fsp3) is 0.500. The number of hydrogen-bond donors (Lipinski definition) is 0. The van der Waals surface area contributed by atoms with E-state index in [1.807, 2.05) is 23.9 Å². The highest BCUT2D eigenvalue weighted by molar-refractivity contribution is 7.99. The van der Waals surface area contributed by atoms with Crippen LogP contribution < -0.4 is 4.90 Å². The summed E-state index contributed by atoms with van der Waals surface area (Å²) in [6, 6.07) is 7.94. The Morgan fingerprint density at radius 1 is 1.39 bits per heavy atom. The number of anilines is 1. The molecule has 0 saturated carbocycles. The molecule has 2 rings (SSSR count). The zero-order valence-corrected chi connectivity index (χ0v) is 12.1. The maximum atomic E-state index is 9.23.